The van der Waals surface area contributed by atoms with Crippen LogP contribution < -0.4 is 19.5 Å². The summed E-state index contributed by atoms with van der Waals surface area (Å²) in [6, 6.07) is 25.0. The molecule has 7 nitrogen and oxygen atoms in total. The highest BCUT2D eigenvalue weighted by Crippen LogP contribution is 2.34. The standard InChI is InChI=1S/C28H29N3O4/c1-33-25-16-15-21(19-26(25)34-2)24-20-31(22-11-5-3-6-12-22)30-27(24)28(32)29-17-9-10-18-35-23-13-7-4-8-14-23/h3-8,11-16,19-20H,9-10,17-18H2,1-2H3,(H,29,32). The Bertz CT molecular complexity index is 1240. The molecule has 0 radical (unpaired) electrons. The van der Waals surface area contributed by atoms with Crippen molar-refractivity contribution >= 4 is 5.91 Å². The number of carbonyl (C=O) groups is 1. The second kappa shape index (κ2) is 11.7. The van der Waals surface area contributed by atoms with Gasteiger partial charge in [-0.15, -0.1) is 0 Å². The largest absolute Gasteiger partial charge is 0.494 e. The lowest BCUT2D eigenvalue weighted by atomic mass is 10.1. The highest BCUT2D eigenvalue weighted by atomic mass is 16.5. The van der Waals surface area contributed by atoms with Gasteiger partial charge in [-0.2, -0.15) is 5.10 Å². The van der Waals surface area contributed by atoms with Crippen LogP contribution in [0, 0.1) is 0 Å². The second-order valence-corrected chi connectivity index (χ2v) is 7.87. The summed E-state index contributed by atoms with van der Waals surface area (Å²) >= 11 is 0. The normalized spacial score (nSPS) is 10.6. The first-order chi connectivity index (χ1) is 17.2. The molecule has 0 fully saturated rings. The predicted octanol–water partition coefficient (Wildman–Crippen LogP) is 5.15. The topological polar surface area (TPSA) is 74.6 Å². The average Bonchev–Trinajstić information content (AvgIpc) is 3.37. The van der Waals surface area contributed by atoms with Gasteiger partial charge in [0, 0.05) is 18.3 Å². The molecule has 0 saturated heterocycles. The van der Waals surface area contributed by atoms with Crippen molar-refractivity contribution < 1.29 is 19.0 Å². The summed E-state index contributed by atoms with van der Waals surface area (Å²) < 4.78 is 18.3. The number of ether oxygens (including phenoxy) is 3. The lowest BCUT2D eigenvalue weighted by molar-refractivity contribution is 0.0947. The van der Waals surface area contributed by atoms with Crippen molar-refractivity contribution in [3.05, 3.63) is 90.8 Å². The summed E-state index contributed by atoms with van der Waals surface area (Å²) in [7, 11) is 3.18. The Kier molecular flexibility index (Phi) is 8.01. The number of amides is 1. The minimum atomic E-state index is -0.228. The molecule has 1 N–H and O–H groups in total. The van der Waals surface area contributed by atoms with Crippen LogP contribution in [-0.4, -0.2) is 43.1 Å². The van der Waals surface area contributed by atoms with Crippen LogP contribution in [-0.2, 0) is 0 Å². The molecule has 0 unspecified atom stereocenters. The Morgan fingerprint density at radius 2 is 1.60 bits per heavy atom. The van der Waals surface area contributed by atoms with E-state index in [-0.39, 0.29) is 5.91 Å². The maximum Gasteiger partial charge on any atom is 0.272 e. The van der Waals surface area contributed by atoms with E-state index in [9.17, 15) is 4.79 Å². The molecule has 35 heavy (non-hydrogen) atoms. The fourth-order valence-corrected chi connectivity index (χ4v) is 3.69. The monoisotopic (exact) mass is 471 g/mol. The van der Waals surface area contributed by atoms with Gasteiger partial charge in [-0.1, -0.05) is 42.5 Å². The predicted molar refractivity (Wildman–Crippen MR) is 136 cm³/mol. The molecule has 1 aromatic heterocycles. The molecule has 0 aliphatic carbocycles. The molecular weight excluding hydrogens is 442 g/mol. The van der Waals surface area contributed by atoms with Crippen molar-refractivity contribution in [1.29, 1.82) is 0 Å². The first kappa shape index (κ1) is 23.9. The zero-order chi connectivity index (χ0) is 24.5. The molecular formula is C28H29N3O4. The van der Waals surface area contributed by atoms with Crippen LogP contribution in [0.4, 0.5) is 0 Å². The van der Waals surface area contributed by atoms with Crippen LogP contribution in [0.1, 0.15) is 23.3 Å². The van der Waals surface area contributed by atoms with Gasteiger partial charge in [0.1, 0.15) is 5.75 Å². The van der Waals surface area contributed by atoms with Crippen molar-refractivity contribution in [2.45, 2.75) is 12.8 Å². The quantitative estimate of drug-likeness (QED) is 0.307. The van der Waals surface area contributed by atoms with Gasteiger partial charge in [-0.3, -0.25) is 4.79 Å². The van der Waals surface area contributed by atoms with Crippen LogP contribution in [0.5, 0.6) is 17.2 Å². The van der Waals surface area contributed by atoms with E-state index in [0.717, 1.165) is 29.8 Å². The first-order valence-electron chi connectivity index (χ1n) is 11.5. The number of aromatic nitrogens is 2. The number of benzene rings is 3. The Hall–Kier alpha value is -4.26. The lowest BCUT2D eigenvalue weighted by Gasteiger charge is -2.10. The SMILES string of the molecule is COc1ccc(-c2cn(-c3ccccc3)nc2C(=O)NCCCCOc2ccccc2)cc1OC. The maximum absolute atomic E-state index is 13.1. The van der Waals surface area contributed by atoms with Gasteiger partial charge in [0.15, 0.2) is 17.2 Å². The van der Waals surface area contributed by atoms with Crippen LogP contribution in [0.15, 0.2) is 85.1 Å². The summed E-state index contributed by atoms with van der Waals surface area (Å²) in [5.41, 5.74) is 2.74. The highest BCUT2D eigenvalue weighted by Gasteiger charge is 2.20. The minimum absolute atomic E-state index is 0.228. The average molecular weight is 472 g/mol. The summed E-state index contributed by atoms with van der Waals surface area (Å²) in [6.07, 6.45) is 3.49. The van der Waals surface area contributed by atoms with Crippen LogP contribution in [0.25, 0.3) is 16.8 Å². The Morgan fingerprint density at radius 1 is 0.886 bits per heavy atom. The molecule has 0 aliphatic heterocycles. The van der Waals surface area contributed by atoms with E-state index in [1.54, 1.807) is 18.9 Å². The third-order valence-corrected chi connectivity index (χ3v) is 5.51. The van der Waals surface area contributed by atoms with Crippen LogP contribution in [0.3, 0.4) is 0 Å². The van der Waals surface area contributed by atoms with E-state index in [2.05, 4.69) is 10.4 Å². The summed E-state index contributed by atoms with van der Waals surface area (Å²) in [5, 5.41) is 7.61. The number of carbonyl (C=O) groups excluding carboxylic acids is 1. The van der Waals surface area contributed by atoms with Gasteiger partial charge in [0.25, 0.3) is 5.91 Å². The van der Waals surface area contributed by atoms with E-state index >= 15 is 0 Å². The second-order valence-electron chi connectivity index (χ2n) is 7.87. The zero-order valence-electron chi connectivity index (χ0n) is 19.9. The summed E-state index contributed by atoms with van der Waals surface area (Å²) in [5.74, 6) is 1.83. The summed E-state index contributed by atoms with van der Waals surface area (Å²) in [6.45, 7) is 1.12. The van der Waals surface area contributed by atoms with Crippen molar-refractivity contribution in [3.8, 4) is 34.1 Å². The maximum atomic E-state index is 13.1. The number of unbranched alkanes of at least 4 members (excludes halogenated alkanes) is 1. The number of hydrogen-bond acceptors (Lipinski definition) is 5. The minimum Gasteiger partial charge on any atom is -0.494 e. The molecule has 1 heterocycles. The lowest BCUT2D eigenvalue weighted by Crippen LogP contribution is -2.25. The third-order valence-electron chi connectivity index (χ3n) is 5.51. The van der Waals surface area contributed by atoms with E-state index in [4.69, 9.17) is 14.2 Å². The molecule has 0 spiro atoms. The first-order valence-corrected chi connectivity index (χ1v) is 11.5. The Labute approximate surface area is 205 Å². The molecule has 0 aliphatic rings. The van der Waals surface area contributed by atoms with Crippen molar-refractivity contribution in [2.24, 2.45) is 0 Å². The molecule has 4 rings (SSSR count). The molecule has 0 atom stereocenters. The number of para-hydroxylation sites is 2. The van der Waals surface area contributed by atoms with Gasteiger partial charge in [0.05, 0.1) is 26.5 Å². The highest BCUT2D eigenvalue weighted by molar-refractivity contribution is 5.99. The van der Waals surface area contributed by atoms with Gasteiger partial charge >= 0.3 is 0 Å². The smallest absolute Gasteiger partial charge is 0.272 e. The van der Waals surface area contributed by atoms with Crippen molar-refractivity contribution in [1.82, 2.24) is 15.1 Å². The molecule has 1 amide bonds. The fourth-order valence-electron chi connectivity index (χ4n) is 3.69. The molecule has 4 aromatic rings. The molecule has 0 bridgehead atoms. The number of rotatable bonds is 11. The molecule has 180 valence electrons. The van der Waals surface area contributed by atoms with Crippen molar-refractivity contribution in [3.63, 3.8) is 0 Å². The third kappa shape index (κ3) is 6.00. The van der Waals surface area contributed by atoms with Crippen LogP contribution >= 0.6 is 0 Å². The Morgan fingerprint density at radius 3 is 2.31 bits per heavy atom. The molecule has 3 aromatic carbocycles. The van der Waals surface area contributed by atoms with Gasteiger partial charge in [0.2, 0.25) is 0 Å². The van der Waals surface area contributed by atoms with Crippen molar-refractivity contribution in [2.75, 3.05) is 27.4 Å². The number of hydrogen-bond donors (Lipinski definition) is 1. The molecule has 0 saturated carbocycles. The number of methoxy groups -OCH3 is 2. The zero-order valence-corrected chi connectivity index (χ0v) is 19.9. The fraction of sp³-hybridized carbons (Fsp3) is 0.214. The van der Waals surface area contributed by atoms with Gasteiger partial charge in [-0.25, -0.2) is 4.68 Å². The van der Waals surface area contributed by atoms with E-state index in [1.807, 2.05) is 85.1 Å². The van der Waals surface area contributed by atoms with E-state index in [0.29, 0.717) is 35.9 Å². The number of nitrogens with zero attached hydrogens (tertiary/aromatic N) is 2. The van der Waals surface area contributed by atoms with E-state index in [1.165, 1.54) is 0 Å². The van der Waals surface area contributed by atoms with Gasteiger partial charge in [-0.05, 0) is 54.8 Å². The molecule has 7 heteroatoms. The van der Waals surface area contributed by atoms with Crippen LogP contribution in [0.2, 0.25) is 0 Å². The summed E-state index contributed by atoms with van der Waals surface area (Å²) in [4.78, 5) is 13.1. The number of nitrogens with one attached hydrogen (secondary N) is 1. The van der Waals surface area contributed by atoms with Gasteiger partial charge < -0.3 is 19.5 Å². The Balaban J connectivity index is 1.47. The van der Waals surface area contributed by atoms with E-state index < -0.39 is 0 Å².